The Hall–Kier alpha value is -2.56. The highest BCUT2D eigenvalue weighted by molar-refractivity contribution is 5.93. The van der Waals surface area contributed by atoms with E-state index < -0.39 is 5.97 Å². The molecule has 1 unspecified atom stereocenters. The van der Waals surface area contributed by atoms with E-state index in [0.29, 0.717) is 13.1 Å². The number of carbonyl (C=O) groups is 2. The van der Waals surface area contributed by atoms with Crippen LogP contribution in [0.3, 0.4) is 0 Å². The van der Waals surface area contributed by atoms with E-state index in [1.54, 1.807) is 4.90 Å². The van der Waals surface area contributed by atoms with E-state index in [9.17, 15) is 9.59 Å². The fourth-order valence-electron chi connectivity index (χ4n) is 3.22. The highest BCUT2D eigenvalue weighted by Crippen LogP contribution is 2.35. The Bertz CT molecular complexity index is 737. The van der Waals surface area contributed by atoms with Crippen molar-refractivity contribution in [3.05, 3.63) is 59.5 Å². The second-order valence-electron chi connectivity index (χ2n) is 6.74. The summed E-state index contributed by atoms with van der Waals surface area (Å²) in [5, 5.41) is 8.89. The normalized spacial score (nSPS) is 20.3. The third-order valence-corrected chi connectivity index (χ3v) is 4.73. The number of hydrogen-bond donors (Lipinski definition) is 1. The van der Waals surface area contributed by atoms with Gasteiger partial charge in [-0.05, 0) is 42.4 Å². The predicted molar refractivity (Wildman–Crippen MR) is 89.1 cm³/mol. The van der Waals surface area contributed by atoms with Crippen LogP contribution in [0, 0.1) is 5.41 Å². The third kappa shape index (κ3) is 3.50. The summed E-state index contributed by atoms with van der Waals surface area (Å²) in [5.41, 5.74) is 1.38. The third-order valence-electron chi connectivity index (χ3n) is 4.73. The molecular weight excluding hydrogens is 306 g/mol. The number of furan rings is 1. The first kappa shape index (κ1) is 16.3. The number of amides is 1. The van der Waals surface area contributed by atoms with Gasteiger partial charge in [0.1, 0.15) is 0 Å². The van der Waals surface area contributed by atoms with Gasteiger partial charge in [-0.3, -0.25) is 4.79 Å². The van der Waals surface area contributed by atoms with Gasteiger partial charge in [0.25, 0.3) is 5.91 Å². The van der Waals surface area contributed by atoms with Gasteiger partial charge in [-0.15, -0.1) is 0 Å². The molecular formula is C19H21NO4. The summed E-state index contributed by atoms with van der Waals surface area (Å²) >= 11 is 0. The fourth-order valence-corrected chi connectivity index (χ4v) is 3.22. The molecule has 1 aliphatic heterocycles. The van der Waals surface area contributed by atoms with Gasteiger partial charge in [-0.1, -0.05) is 37.3 Å². The lowest BCUT2D eigenvalue weighted by Gasteiger charge is -2.24. The zero-order valence-corrected chi connectivity index (χ0v) is 13.7. The first-order valence-electron chi connectivity index (χ1n) is 8.13. The van der Waals surface area contributed by atoms with Gasteiger partial charge in [-0.25, -0.2) is 4.79 Å². The van der Waals surface area contributed by atoms with Gasteiger partial charge in [-0.2, -0.15) is 0 Å². The van der Waals surface area contributed by atoms with Crippen LogP contribution in [-0.4, -0.2) is 35.0 Å². The number of nitrogens with zero attached hydrogens (tertiary/aromatic N) is 1. The number of hydrogen-bond acceptors (Lipinski definition) is 3. The lowest BCUT2D eigenvalue weighted by atomic mass is 9.83. The first-order valence-corrected chi connectivity index (χ1v) is 8.13. The molecule has 0 radical (unpaired) electrons. The lowest BCUT2D eigenvalue weighted by Crippen LogP contribution is -2.31. The molecule has 1 fully saturated rings. The number of carboxylic acid groups (broad SMARTS) is 1. The van der Waals surface area contributed by atoms with Crippen LogP contribution in [0.1, 0.15) is 46.4 Å². The fraction of sp³-hybridized carbons (Fsp3) is 0.368. The molecule has 1 atom stereocenters. The maximum Gasteiger partial charge on any atom is 0.371 e. The van der Waals surface area contributed by atoms with Gasteiger partial charge in [0.15, 0.2) is 5.76 Å². The van der Waals surface area contributed by atoms with Crippen molar-refractivity contribution in [2.75, 3.05) is 13.1 Å². The molecule has 1 aliphatic rings. The number of aromatic carboxylic acids is 1. The number of likely N-dealkylation sites (tertiary alicyclic amines) is 1. The summed E-state index contributed by atoms with van der Waals surface area (Å²) in [4.78, 5) is 25.1. The average molecular weight is 327 g/mol. The Morgan fingerprint density at radius 2 is 1.88 bits per heavy atom. The van der Waals surface area contributed by atoms with Crippen LogP contribution in [-0.2, 0) is 6.42 Å². The van der Waals surface area contributed by atoms with Crippen LogP contribution >= 0.6 is 0 Å². The van der Waals surface area contributed by atoms with Crippen LogP contribution in [0.25, 0.3) is 0 Å². The SMILES string of the molecule is CC1(CCc2ccccc2)CCN(C(=O)c2ccc(C(=O)O)o2)C1. The quantitative estimate of drug-likeness (QED) is 0.913. The Kier molecular flexibility index (Phi) is 4.42. The molecule has 1 aromatic heterocycles. The van der Waals surface area contributed by atoms with Crippen LogP contribution in [0.5, 0.6) is 0 Å². The second kappa shape index (κ2) is 6.51. The van der Waals surface area contributed by atoms with Gasteiger partial charge in [0.2, 0.25) is 5.76 Å². The summed E-state index contributed by atoms with van der Waals surface area (Å²) < 4.78 is 5.13. The Morgan fingerprint density at radius 3 is 2.54 bits per heavy atom. The molecule has 3 rings (SSSR count). The molecule has 5 nitrogen and oxygen atoms in total. The van der Waals surface area contributed by atoms with E-state index in [2.05, 4.69) is 19.1 Å². The van der Waals surface area contributed by atoms with Crippen molar-refractivity contribution < 1.29 is 19.1 Å². The lowest BCUT2D eigenvalue weighted by molar-refractivity contribution is 0.0651. The molecule has 1 N–H and O–H groups in total. The molecule has 126 valence electrons. The minimum atomic E-state index is -1.16. The Morgan fingerprint density at radius 1 is 1.17 bits per heavy atom. The monoisotopic (exact) mass is 327 g/mol. The Labute approximate surface area is 140 Å². The molecule has 1 saturated heterocycles. The smallest absolute Gasteiger partial charge is 0.371 e. The van der Waals surface area contributed by atoms with Gasteiger partial charge < -0.3 is 14.4 Å². The number of carbonyl (C=O) groups excluding carboxylic acids is 1. The summed E-state index contributed by atoms with van der Waals surface area (Å²) in [6.07, 6.45) is 2.95. The van der Waals surface area contributed by atoms with Crippen molar-refractivity contribution >= 4 is 11.9 Å². The summed E-state index contributed by atoms with van der Waals surface area (Å²) in [7, 11) is 0. The van der Waals surface area contributed by atoms with Crippen LogP contribution in [0.15, 0.2) is 46.9 Å². The minimum Gasteiger partial charge on any atom is -0.475 e. The highest BCUT2D eigenvalue weighted by atomic mass is 16.4. The minimum absolute atomic E-state index is 0.0771. The standard InChI is InChI=1S/C19H21NO4/c1-19(10-9-14-5-3-2-4-6-14)11-12-20(13-19)17(21)15-7-8-16(24-15)18(22)23/h2-8H,9-13H2,1H3,(H,22,23). The average Bonchev–Trinajstić information content (AvgIpc) is 3.21. The predicted octanol–water partition coefficient (Wildman–Crippen LogP) is 3.46. The molecule has 0 bridgehead atoms. The second-order valence-corrected chi connectivity index (χ2v) is 6.74. The maximum atomic E-state index is 12.5. The zero-order valence-electron chi connectivity index (χ0n) is 13.7. The van der Waals surface area contributed by atoms with Crippen LogP contribution in [0.4, 0.5) is 0 Å². The molecule has 1 amide bonds. The molecule has 1 aromatic carbocycles. The van der Waals surface area contributed by atoms with E-state index >= 15 is 0 Å². The largest absolute Gasteiger partial charge is 0.475 e. The highest BCUT2D eigenvalue weighted by Gasteiger charge is 2.36. The number of aryl methyl sites for hydroxylation is 1. The van der Waals surface area contributed by atoms with Gasteiger partial charge in [0, 0.05) is 13.1 Å². The van der Waals surface area contributed by atoms with E-state index in [0.717, 1.165) is 19.3 Å². The van der Waals surface area contributed by atoms with Crippen molar-refractivity contribution in [2.24, 2.45) is 5.41 Å². The first-order chi connectivity index (χ1) is 11.5. The molecule has 24 heavy (non-hydrogen) atoms. The topological polar surface area (TPSA) is 70.8 Å². The van der Waals surface area contributed by atoms with E-state index in [4.69, 9.17) is 9.52 Å². The molecule has 0 saturated carbocycles. The number of benzene rings is 1. The summed E-state index contributed by atoms with van der Waals surface area (Å²) in [5.74, 6) is -1.50. The Balaban J connectivity index is 1.61. The van der Waals surface area contributed by atoms with Crippen molar-refractivity contribution in [3.8, 4) is 0 Å². The number of carboxylic acids is 1. The van der Waals surface area contributed by atoms with E-state index in [1.165, 1.54) is 17.7 Å². The summed E-state index contributed by atoms with van der Waals surface area (Å²) in [6.45, 7) is 3.54. The maximum absolute atomic E-state index is 12.5. The van der Waals surface area contributed by atoms with Crippen molar-refractivity contribution in [3.63, 3.8) is 0 Å². The zero-order chi connectivity index (χ0) is 17.2. The molecule has 0 spiro atoms. The number of rotatable bonds is 5. The van der Waals surface area contributed by atoms with Crippen molar-refractivity contribution in [1.29, 1.82) is 0 Å². The van der Waals surface area contributed by atoms with Crippen molar-refractivity contribution in [1.82, 2.24) is 4.90 Å². The molecule has 2 aromatic rings. The van der Waals surface area contributed by atoms with Crippen LogP contribution < -0.4 is 0 Å². The van der Waals surface area contributed by atoms with Crippen LogP contribution in [0.2, 0.25) is 0 Å². The molecule has 5 heteroatoms. The molecule has 0 aliphatic carbocycles. The molecule has 2 heterocycles. The summed E-state index contributed by atoms with van der Waals surface area (Å²) in [6, 6.07) is 13.1. The van der Waals surface area contributed by atoms with Crippen molar-refractivity contribution in [2.45, 2.75) is 26.2 Å². The van der Waals surface area contributed by atoms with Gasteiger partial charge in [0.05, 0.1) is 0 Å². The van der Waals surface area contributed by atoms with E-state index in [-0.39, 0.29) is 22.8 Å². The van der Waals surface area contributed by atoms with E-state index in [1.807, 2.05) is 18.2 Å². The van der Waals surface area contributed by atoms with Gasteiger partial charge >= 0.3 is 5.97 Å².